The number of hydrogen-bond acceptors (Lipinski definition) is 1. The molecule has 0 aliphatic heterocycles. The van der Waals surface area contributed by atoms with Crippen molar-refractivity contribution in [2.45, 2.75) is 46.6 Å². The average Bonchev–Trinajstić information content (AvgIpc) is 1.84. The molecule has 0 aromatic rings. The molecule has 70 valence electrons. The Hall–Kier alpha value is -0.480. The van der Waals surface area contributed by atoms with Gasteiger partial charge in [-0.05, 0) is 25.7 Å². The summed E-state index contributed by atoms with van der Waals surface area (Å²) in [4.78, 5) is 0. The molecule has 0 heterocycles. The Labute approximate surface area is 76.2 Å². The first-order chi connectivity index (χ1) is 5.33. The Morgan fingerprint density at radius 2 is 1.75 bits per heavy atom. The predicted molar refractivity (Wildman–Crippen MR) is 52.7 cm³/mol. The van der Waals surface area contributed by atoms with E-state index in [1.165, 1.54) is 0 Å². The van der Waals surface area contributed by atoms with Gasteiger partial charge >= 0.3 is 0 Å². The highest BCUT2D eigenvalue weighted by Crippen LogP contribution is 2.12. The van der Waals surface area contributed by atoms with Gasteiger partial charge in [-0.3, -0.25) is 0 Å². The third kappa shape index (κ3) is 6.24. The maximum Gasteiger partial charge on any atom is 0.119 e. The molecule has 0 radical (unpaired) electrons. The molecule has 0 rings (SSSR count). The normalized spacial score (nSPS) is 13.9. The van der Waals surface area contributed by atoms with E-state index < -0.39 is 5.60 Å². The summed E-state index contributed by atoms with van der Waals surface area (Å²) in [5.74, 6) is 7.10. The maximum absolute atomic E-state index is 9.30. The van der Waals surface area contributed by atoms with Crippen LogP contribution in [-0.4, -0.2) is 10.7 Å². The third-order valence-electron chi connectivity index (χ3n) is 1.96. The van der Waals surface area contributed by atoms with E-state index in [1.807, 2.05) is 0 Å². The molecule has 0 fully saturated rings. The van der Waals surface area contributed by atoms with E-state index >= 15 is 0 Å². The second-order valence-electron chi connectivity index (χ2n) is 4.29. The zero-order chi connectivity index (χ0) is 9.78. The molecule has 0 spiro atoms. The minimum absolute atomic E-state index is 0.611. The minimum atomic E-state index is -0.837. The summed E-state index contributed by atoms with van der Waals surface area (Å²) in [6, 6.07) is 0. The van der Waals surface area contributed by atoms with E-state index in [0.717, 1.165) is 6.42 Å². The van der Waals surface area contributed by atoms with Gasteiger partial charge in [0.1, 0.15) is 5.60 Å². The quantitative estimate of drug-likeness (QED) is 0.628. The van der Waals surface area contributed by atoms with Gasteiger partial charge in [0.25, 0.3) is 0 Å². The highest BCUT2D eigenvalue weighted by atomic mass is 16.3. The van der Waals surface area contributed by atoms with Crippen LogP contribution in [0.1, 0.15) is 41.0 Å². The number of rotatable bonds is 2. The largest absolute Gasteiger partial charge is 0.378 e. The summed E-state index contributed by atoms with van der Waals surface area (Å²) < 4.78 is 0. The van der Waals surface area contributed by atoms with Crippen LogP contribution in [0.25, 0.3) is 0 Å². The summed E-state index contributed by atoms with van der Waals surface area (Å²) in [5, 5.41) is 9.30. The highest BCUT2D eigenvalue weighted by Gasteiger charge is 2.07. The molecule has 12 heavy (non-hydrogen) atoms. The predicted octanol–water partition coefficient (Wildman–Crippen LogP) is 2.44. The summed E-state index contributed by atoms with van der Waals surface area (Å²) in [5.41, 5.74) is -0.837. The van der Waals surface area contributed by atoms with Crippen LogP contribution in [0.15, 0.2) is 0 Å². The van der Waals surface area contributed by atoms with E-state index in [1.54, 1.807) is 13.8 Å². The van der Waals surface area contributed by atoms with E-state index in [-0.39, 0.29) is 0 Å². The van der Waals surface area contributed by atoms with Gasteiger partial charge in [-0.1, -0.05) is 26.7 Å². The molecule has 1 atom stereocenters. The van der Waals surface area contributed by atoms with Gasteiger partial charge in [0, 0.05) is 6.42 Å². The van der Waals surface area contributed by atoms with Gasteiger partial charge in [0.15, 0.2) is 0 Å². The second kappa shape index (κ2) is 4.52. The third-order valence-corrected chi connectivity index (χ3v) is 1.96. The first-order valence-corrected chi connectivity index (χ1v) is 4.55. The summed E-state index contributed by atoms with van der Waals surface area (Å²) in [6.07, 6.45) is 0.877. The van der Waals surface area contributed by atoms with Gasteiger partial charge < -0.3 is 5.11 Å². The molecule has 0 amide bonds. The fourth-order valence-electron chi connectivity index (χ4n) is 0.664. The van der Waals surface area contributed by atoms with E-state index in [0.29, 0.717) is 11.8 Å². The van der Waals surface area contributed by atoms with Crippen molar-refractivity contribution < 1.29 is 5.11 Å². The van der Waals surface area contributed by atoms with Gasteiger partial charge in [-0.2, -0.15) is 0 Å². The fraction of sp³-hybridized carbons (Fsp3) is 0.818. The zero-order valence-corrected chi connectivity index (χ0v) is 8.81. The van der Waals surface area contributed by atoms with Crippen molar-refractivity contribution in [1.29, 1.82) is 0 Å². The van der Waals surface area contributed by atoms with Crippen molar-refractivity contribution >= 4 is 0 Å². The number of hydrogen-bond donors (Lipinski definition) is 1. The maximum atomic E-state index is 9.30. The fourth-order valence-corrected chi connectivity index (χ4v) is 0.664. The van der Waals surface area contributed by atoms with Crippen LogP contribution in [0, 0.1) is 23.7 Å². The Bertz CT molecular complexity index is 175. The Morgan fingerprint density at radius 3 is 2.08 bits per heavy atom. The molecule has 1 nitrogen and oxygen atoms in total. The standard InChI is InChI=1S/C11H20O/c1-9(2)10(3)7-6-8-11(4,5)12/h9-10,12H,7H2,1-5H3. The molecule has 1 N–H and O–H groups in total. The van der Waals surface area contributed by atoms with Crippen molar-refractivity contribution in [3.05, 3.63) is 0 Å². The summed E-state index contributed by atoms with van der Waals surface area (Å²) in [7, 11) is 0. The average molecular weight is 168 g/mol. The summed E-state index contributed by atoms with van der Waals surface area (Å²) >= 11 is 0. The summed E-state index contributed by atoms with van der Waals surface area (Å²) in [6.45, 7) is 9.98. The Balaban J connectivity index is 3.87. The SMILES string of the molecule is CC(C)C(C)CC#CC(C)(C)O. The monoisotopic (exact) mass is 168 g/mol. The van der Waals surface area contributed by atoms with Gasteiger partial charge in [-0.15, -0.1) is 5.92 Å². The lowest BCUT2D eigenvalue weighted by Crippen LogP contribution is -2.14. The van der Waals surface area contributed by atoms with Gasteiger partial charge in [0.05, 0.1) is 0 Å². The second-order valence-corrected chi connectivity index (χ2v) is 4.29. The van der Waals surface area contributed by atoms with Crippen molar-refractivity contribution in [2.75, 3.05) is 0 Å². The topological polar surface area (TPSA) is 20.2 Å². The molecule has 0 bridgehead atoms. The van der Waals surface area contributed by atoms with E-state index in [9.17, 15) is 5.11 Å². The lowest BCUT2D eigenvalue weighted by molar-refractivity contribution is 0.143. The lowest BCUT2D eigenvalue weighted by Gasteiger charge is -2.11. The smallest absolute Gasteiger partial charge is 0.119 e. The number of aliphatic hydroxyl groups is 1. The van der Waals surface area contributed by atoms with Crippen molar-refractivity contribution in [2.24, 2.45) is 11.8 Å². The molecule has 0 aromatic carbocycles. The minimum Gasteiger partial charge on any atom is -0.378 e. The van der Waals surface area contributed by atoms with Crippen LogP contribution in [0.3, 0.4) is 0 Å². The van der Waals surface area contributed by atoms with E-state index in [2.05, 4.69) is 32.6 Å². The van der Waals surface area contributed by atoms with Gasteiger partial charge in [-0.25, -0.2) is 0 Å². The zero-order valence-electron chi connectivity index (χ0n) is 8.81. The van der Waals surface area contributed by atoms with Crippen LogP contribution >= 0.6 is 0 Å². The Kier molecular flexibility index (Phi) is 4.34. The van der Waals surface area contributed by atoms with E-state index in [4.69, 9.17) is 0 Å². The van der Waals surface area contributed by atoms with Crippen molar-refractivity contribution in [3.8, 4) is 11.8 Å². The molecule has 0 aliphatic rings. The molecular weight excluding hydrogens is 148 g/mol. The molecular formula is C11H20O. The van der Waals surface area contributed by atoms with Crippen LogP contribution in [0.2, 0.25) is 0 Å². The Morgan fingerprint density at radius 1 is 1.25 bits per heavy atom. The molecule has 0 aromatic heterocycles. The highest BCUT2D eigenvalue weighted by molar-refractivity contribution is 5.10. The van der Waals surface area contributed by atoms with Crippen LogP contribution in [0.4, 0.5) is 0 Å². The first kappa shape index (κ1) is 11.5. The lowest BCUT2D eigenvalue weighted by atomic mass is 9.95. The van der Waals surface area contributed by atoms with Crippen LogP contribution < -0.4 is 0 Å². The molecule has 0 saturated carbocycles. The van der Waals surface area contributed by atoms with Crippen molar-refractivity contribution in [3.63, 3.8) is 0 Å². The van der Waals surface area contributed by atoms with Gasteiger partial charge in [0.2, 0.25) is 0 Å². The first-order valence-electron chi connectivity index (χ1n) is 4.55. The van der Waals surface area contributed by atoms with Crippen LogP contribution in [-0.2, 0) is 0 Å². The van der Waals surface area contributed by atoms with Crippen molar-refractivity contribution in [1.82, 2.24) is 0 Å². The molecule has 1 unspecified atom stereocenters. The molecule has 0 saturated heterocycles. The molecule has 0 aliphatic carbocycles. The van der Waals surface area contributed by atoms with Crippen LogP contribution in [0.5, 0.6) is 0 Å². The molecule has 1 heteroatoms.